The van der Waals surface area contributed by atoms with Crippen molar-refractivity contribution in [2.45, 2.75) is 50.0 Å². The number of halogens is 1. The molecule has 1 saturated carbocycles. The van der Waals surface area contributed by atoms with Gasteiger partial charge in [0.15, 0.2) is 0 Å². The van der Waals surface area contributed by atoms with Gasteiger partial charge in [-0.2, -0.15) is 0 Å². The fourth-order valence-electron chi connectivity index (χ4n) is 3.51. The number of hydrogen-bond donors (Lipinski definition) is 3. The number of hydrogen-bond acceptors (Lipinski definition) is 4. The van der Waals surface area contributed by atoms with Crippen molar-refractivity contribution < 1.29 is 24.9 Å². The zero-order valence-corrected chi connectivity index (χ0v) is 16.2. The Labute approximate surface area is 165 Å². The predicted molar refractivity (Wildman–Crippen MR) is 105 cm³/mol. The van der Waals surface area contributed by atoms with Crippen LogP contribution in [0.3, 0.4) is 0 Å². The normalized spacial score (nSPS) is 25.1. The third-order valence-corrected chi connectivity index (χ3v) is 5.58. The minimum Gasteiger partial charge on any atom is -0.493 e. The van der Waals surface area contributed by atoms with E-state index in [0.29, 0.717) is 25.9 Å². The zero-order valence-electron chi connectivity index (χ0n) is 15.5. The van der Waals surface area contributed by atoms with Gasteiger partial charge in [-0.05, 0) is 55.7 Å². The van der Waals surface area contributed by atoms with Crippen molar-refractivity contribution in [3.05, 3.63) is 42.0 Å². The molecule has 4 atom stereocenters. The smallest absolute Gasteiger partial charge is 0.303 e. The van der Waals surface area contributed by atoms with Crippen molar-refractivity contribution in [1.82, 2.24) is 0 Å². The first-order valence-corrected chi connectivity index (χ1v) is 9.96. The maximum Gasteiger partial charge on any atom is 0.303 e. The third-order valence-electron chi connectivity index (χ3n) is 5.08. The van der Waals surface area contributed by atoms with Gasteiger partial charge in [-0.3, -0.25) is 4.79 Å². The molecule has 1 fully saturated rings. The van der Waals surface area contributed by atoms with Crippen molar-refractivity contribution in [2.24, 2.45) is 11.8 Å². The van der Waals surface area contributed by atoms with Crippen LogP contribution in [0.1, 0.15) is 37.7 Å². The quantitative estimate of drug-likeness (QED) is 0.303. The van der Waals surface area contributed by atoms with Crippen LogP contribution in [0.5, 0.6) is 5.75 Å². The average molecular weight is 397 g/mol. The van der Waals surface area contributed by atoms with E-state index < -0.39 is 12.1 Å². The molecule has 0 radical (unpaired) electrons. The molecule has 6 heteroatoms. The number of aliphatic hydroxyl groups excluding tert-OH is 2. The number of allylic oxidation sites excluding steroid dienone is 2. The number of ether oxygens (including phenoxy) is 1. The van der Waals surface area contributed by atoms with E-state index in [-0.39, 0.29) is 30.2 Å². The van der Waals surface area contributed by atoms with Crippen LogP contribution in [0, 0.1) is 11.8 Å². The fourth-order valence-corrected chi connectivity index (χ4v) is 3.98. The Bertz CT molecular complexity index is 601. The molecule has 0 unspecified atom stereocenters. The van der Waals surface area contributed by atoms with Crippen molar-refractivity contribution in [3.63, 3.8) is 0 Å². The Morgan fingerprint density at radius 3 is 2.63 bits per heavy atom. The van der Waals surface area contributed by atoms with Gasteiger partial charge in [0, 0.05) is 24.3 Å². The maximum atomic E-state index is 10.5. The highest BCUT2D eigenvalue weighted by Crippen LogP contribution is 2.39. The summed E-state index contributed by atoms with van der Waals surface area (Å²) < 4.78 is 5.87. The van der Waals surface area contributed by atoms with Crippen LogP contribution >= 0.6 is 11.6 Å². The first-order chi connectivity index (χ1) is 13.0. The predicted octanol–water partition coefficient (Wildman–Crippen LogP) is 3.41. The van der Waals surface area contributed by atoms with E-state index >= 15 is 0 Å². The van der Waals surface area contributed by atoms with Crippen LogP contribution in [0.2, 0.25) is 0 Å². The van der Waals surface area contributed by atoms with Gasteiger partial charge in [0.2, 0.25) is 0 Å². The van der Waals surface area contributed by atoms with Gasteiger partial charge in [-0.25, -0.2) is 0 Å². The molecule has 0 heterocycles. The second-order valence-electron chi connectivity index (χ2n) is 7.07. The molecule has 0 bridgehead atoms. The number of aliphatic carboxylic acids is 1. The second kappa shape index (κ2) is 11.3. The first-order valence-electron chi connectivity index (χ1n) is 9.52. The van der Waals surface area contributed by atoms with E-state index in [1.54, 1.807) is 0 Å². The number of carbonyl (C=O) groups is 1. The number of carboxylic acids is 1. The Balaban J connectivity index is 1.83. The molecule has 0 aromatic heterocycles. The summed E-state index contributed by atoms with van der Waals surface area (Å²) in [5, 5.41) is 27.8. The molecular weight excluding hydrogens is 368 g/mol. The highest BCUT2D eigenvalue weighted by molar-refractivity contribution is 6.21. The van der Waals surface area contributed by atoms with Gasteiger partial charge in [-0.1, -0.05) is 24.3 Å². The highest BCUT2D eigenvalue weighted by Gasteiger charge is 2.41. The van der Waals surface area contributed by atoms with Crippen LogP contribution in [0.25, 0.3) is 0 Å². The lowest BCUT2D eigenvalue weighted by molar-refractivity contribution is -0.137. The van der Waals surface area contributed by atoms with E-state index in [1.165, 1.54) is 0 Å². The molecule has 27 heavy (non-hydrogen) atoms. The summed E-state index contributed by atoms with van der Waals surface area (Å²) in [6, 6.07) is 7.61. The molecule has 1 aromatic carbocycles. The molecule has 1 aliphatic carbocycles. The van der Waals surface area contributed by atoms with Crippen molar-refractivity contribution in [1.29, 1.82) is 0 Å². The van der Waals surface area contributed by atoms with Crippen LogP contribution < -0.4 is 4.74 Å². The first kappa shape index (κ1) is 21.7. The van der Waals surface area contributed by atoms with Gasteiger partial charge in [0.25, 0.3) is 0 Å². The summed E-state index contributed by atoms with van der Waals surface area (Å²) in [6.07, 6.45) is 7.02. The molecule has 0 amide bonds. The third kappa shape index (κ3) is 7.17. The number of alkyl halides is 1. The summed E-state index contributed by atoms with van der Waals surface area (Å²) in [7, 11) is 0. The van der Waals surface area contributed by atoms with Gasteiger partial charge in [-0.15, -0.1) is 11.6 Å². The Kier molecular flexibility index (Phi) is 9.11. The number of benzene rings is 1. The number of unbranched alkanes of at least 4 members (excludes halogenated alkanes) is 1. The number of aliphatic hydroxyl groups is 2. The minimum absolute atomic E-state index is 0.0340. The summed E-state index contributed by atoms with van der Waals surface area (Å²) in [5.41, 5.74) is 1.05. The Morgan fingerprint density at radius 1 is 1.22 bits per heavy atom. The lowest BCUT2D eigenvalue weighted by Gasteiger charge is -2.22. The minimum atomic E-state index is -0.773. The second-order valence-corrected chi connectivity index (χ2v) is 7.63. The monoisotopic (exact) mass is 396 g/mol. The Hall–Kier alpha value is -1.56. The van der Waals surface area contributed by atoms with Crippen LogP contribution in [0.4, 0.5) is 0 Å². The van der Waals surface area contributed by atoms with Crippen LogP contribution in [-0.4, -0.2) is 46.0 Å². The molecule has 3 N–H and O–H groups in total. The van der Waals surface area contributed by atoms with Crippen LogP contribution in [-0.2, 0) is 11.2 Å². The lowest BCUT2D eigenvalue weighted by atomic mass is 9.92. The summed E-state index contributed by atoms with van der Waals surface area (Å²) >= 11 is 6.44. The Morgan fingerprint density at radius 2 is 1.96 bits per heavy atom. The van der Waals surface area contributed by atoms with Gasteiger partial charge in [0.05, 0.1) is 12.7 Å². The van der Waals surface area contributed by atoms with Gasteiger partial charge < -0.3 is 20.1 Å². The topological polar surface area (TPSA) is 87.0 Å². The summed E-state index contributed by atoms with van der Waals surface area (Å²) in [4.78, 5) is 10.5. The number of rotatable bonds is 11. The summed E-state index contributed by atoms with van der Waals surface area (Å²) in [6.45, 7) is 0.526. The van der Waals surface area contributed by atoms with Crippen LogP contribution in [0.15, 0.2) is 36.4 Å². The fraction of sp³-hybridized carbons (Fsp3) is 0.571. The zero-order chi connectivity index (χ0) is 19.6. The SMILES string of the molecule is O=C(O)CCCC=CC[C@@H]1[C@@H](COc2ccc(CCO)cc2)[C@H](O)C[C@H]1Cl. The largest absolute Gasteiger partial charge is 0.493 e. The van der Waals surface area contributed by atoms with E-state index in [0.717, 1.165) is 24.2 Å². The molecule has 150 valence electrons. The molecule has 1 aromatic rings. The van der Waals surface area contributed by atoms with Crippen molar-refractivity contribution >= 4 is 17.6 Å². The van der Waals surface area contributed by atoms with Crippen molar-refractivity contribution in [2.75, 3.05) is 13.2 Å². The maximum absolute atomic E-state index is 10.5. The number of carboxylic acid groups (broad SMARTS) is 1. The molecule has 2 rings (SSSR count). The molecule has 1 aliphatic rings. The molecule has 0 aliphatic heterocycles. The van der Waals surface area contributed by atoms with Gasteiger partial charge in [0.1, 0.15) is 5.75 Å². The molecule has 0 saturated heterocycles. The average Bonchev–Trinajstić information content (AvgIpc) is 2.90. The molecule has 0 spiro atoms. The van der Waals surface area contributed by atoms with E-state index in [1.807, 2.05) is 36.4 Å². The van der Waals surface area contributed by atoms with E-state index in [2.05, 4.69) is 0 Å². The van der Waals surface area contributed by atoms with E-state index in [9.17, 15) is 9.90 Å². The standard InChI is InChI=1S/C21H29ClO5/c22-19-13-20(24)18(17(19)5-3-1-2-4-6-21(25)26)14-27-16-9-7-15(8-10-16)11-12-23/h1,3,7-10,17-20,23-24H,2,4-6,11-14H2,(H,25,26)/t17-,18-,19-,20-/m1/s1. The van der Waals surface area contributed by atoms with Gasteiger partial charge >= 0.3 is 5.97 Å². The molecule has 5 nitrogen and oxygen atoms in total. The lowest BCUT2D eigenvalue weighted by Crippen LogP contribution is -2.27. The van der Waals surface area contributed by atoms with Crippen molar-refractivity contribution in [3.8, 4) is 5.75 Å². The van der Waals surface area contributed by atoms with E-state index in [4.69, 9.17) is 26.6 Å². The molecular formula is C21H29ClO5. The highest BCUT2D eigenvalue weighted by atomic mass is 35.5. The summed E-state index contributed by atoms with van der Waals surface area (Å²) in [5.74, 6) is 0.0639.